The Hall–Kier alpha value is -0.260. The molecule has 21 heavy (non-hydrogen) atoms. The molecule has 3 N–H and O–H groups in total. The predicted octanol–water partition coefficient (Wildman–Crippen LogP) is 1.59. The maximum Gasteiger partial charge on any atom is 0.223 e. The molecule has 3 rings (SSSR count). The number of hydrogen-bond acceptors (Lipinski definition) is 4. The molecule has 2 aliphatic carbocycles. The Morgan fingerprint density at radius 3 is 2.57 bits per heavy atom. The van der Waals surface area contributed by atoms with E-state index in [4.69, 9.17) is 5.73 Å². The number of carbonyl (C=O) groups excluding carboxylic acids is 1. The van der Waals surface area contributed by atoms with E-state index < -0.39 is 0 Å². The number of thioether (sulfide) groups is 1. The van der Waals surface area contributed by atoms with E-state index in [1.165, 1.54) is 50.3 Å². The van der Waals surface area contributed by atoms with Crippen molar-refractivity contribution in [3.63, 3.8) is 0 Å². The van der Waals surface area contributed by atoms with Gasteiger partial charge in [0.05, 0.1) is 0 Å². The highest BCUT2D eigenvalue weighted by Gasteiger charge is 2.40. The van der Waals surface area contributed by atoms with Crippen molar-refractivity contribution in [2.45, 2.75) is 56.5 Å². The van der Waals surface area contributed by atoms with Crippen molar-refractivity contribution in [2.24, 2.45) is 11.7 Å². The lowest BCUT2D eigenvalue weighted by Gasteiger charge is -2.43. The number of carbonyl (C=O) groups is 1. The zero-order valence-corrected chi connectivity index (χ0v) is 13.8. The Morgan fingerprint density at radius 1 is 1.24 bits per heavy atom. The van der Waals surface area contributed by atoms with E-state index in [2.05, 4.69) is 22.0 Å². The van der Waals surface area contributed by atoms with Crippen LogP contribution in [0.4, 0.5) is 0 Å². The molecule has 0 aromatic heterocycles. The van der Waals surface area contributed by atoms with Gasteiger partial charge in [-0.15, -0.1) is 0 Å². The molecule has 0 aromatic rings. The summed E-state index contributed by atoms with van der Waals surface area (Å²) in [5.41, 5.74) is 6.18. The van der Waals surface area contributed by atoms with E-state index in [0.29, 0.717) is 0 Å². The summed E-state index contributed by atoms with van der Waals surface area (Å²) in [6, 6.07) is 0.236. The highest BCUT2D eigenvalue weighted by Crippen LogP contribution is 2.36. The normalized spacial score (nSPS) is 33.2. The fourth-order valence-corrected chi connectivity index (χ4v) is 5.23. The van der Waals surface area contributed by atoms with Gasteiger partial charge in [0.1, 0.15) is 0 Å². The van der Waals surface area contributed by atoms with Crippen LogP contribution in [-0.2, 0) is 4.79 Å². The zero-order chi connectivity index (χ0) is 14.7. The second kappa shape index (κ2) is 6.88. The smallest absolute Gasteiger partial charge is 0.223 e. The van der Waals surface area contributed by atoms with Crippen molar-refractivity contribution in [2.75, 3.05) is 31.1 Å². The molecule has 1 saturated heterocycles. The summed E-state index contributed by atoms with van der Waals surface area (Å²) >= 11 is 2.06. The van der Waals surface area contributed by atoms with Gasteiger partial charge in [0.15, 0.2) is 0 Å². The highest BCUT2D eigenvalue weighted by molar-refractivity contribution is 7.99. The van der Waals surface area contributed by atoms with Crippen LogP contribution in [0, 0.1) is 5.92 Å². The molecule has 2 saturated carbocycles. The minimum Gasteiger partial charge on any atom is -0.354 e. The summed E-state index contributed by atoms with van der Waals surface area (Å²) in [6.07, 6.45) is 7.98. The number of amides is 1. The van der Waals surface area contributed by atoms with Crippen molar-refractivity contribution < 1.29 is 4.79 Å². The van der Waals surface area contributed by atoms with Gasteiger partial charge in [0.25, 0.3) is 0 Å². The van der Waals surface area contributed by atoms with Crippen LogP contribution in [0.3, 0.4) is 0 Å². The fourth-order valence-electron chi connectivity index (χ4n) is 4.33. The number of nitrogens with zero attached hydrogens (tertiary/aromatic N) is 1. The topological polar surface area (TPSA) is 58.4 Å². The summed E-state index contributed by atoms with van der Waals surface area (Å²) < 4.78 is 0. The molecule has 0 spiro atoms. The molecule has 0 radical (unpaired) electrons. The first-order valence-corrected chi connectivity index (χ1v) is 9.71. The second-order valence-corrected chi connectivity index (χ2v) is 8.24. The highest BCUT2D eigenvalue weighted by atomic mass is 32.2. The average Bonchev–Trinajstić information content (AvgIpc) is 3.16. The Morgan fingerprint density at radius 2 is 1.95 bits per heavy atom. The predicted molar refractivity (Wildman–Crippen MR) is 88.4 cm³/mol. The minimum absolute atomic E-state index is 0.162. The lowest BCUT2D eigenvalue weighted by molar-refractivity contribution is -0.125. The molecule has 1 aliphatic heterocycles. The lowest BCUT2D eigenvalue weighted by atomic mass is 9.94. The first-order chi connectivity index (χ1) is 10.2. The van der Waals surface area contributed by atoms with Crippen LogP contribution in [0.2, 0.25) is 0 Å². The van der Waals surface area contributed by atoms with Gasteiger partial charge >= 0.3 is 0 Å². The van der Waals surface area contributed by atoms with Gasteiger partial charge in [-0.05, 0) is 32.1 Å². The third-order valence-electron chi connectivity index (χ3n) is 5.65. The van der Waals surface area contributed by atoms with Gasteiger partial charge < -0.3 is 11.1 Å². The van der Waals surface area contributed by atoms with E-state index in [9.17, 15) is 4.79 Å². The minimum atomic E-state index is 0.162. The van der Waals surface area contributed by atoms with Gasteiger partial charge in [-0.1, -0.05) is 12.8 Å². The monoisotopic (exact) mass is 311 g/mol. The van der Waals surface area contributed by atoms with Crippen LogP contribution in [0.5, 0.6) is 0 Å². The standard InChI is InChI=1S/C16H29N3OS/c17-14-4-3-13(11-14)15(20)18-12-16(5-1-2-6-16)19-7-9-21-10-8-19/h13-14H,1-12,17H2,(H,18,20). The second-order valence-electron chi connectivity index (χ2n) is 7.02. The molecule has 1 heterocycles. The maximum absolute atomic E-state index is 12.4. The summed E-state index contributed by atoms with van der Waals surface area (Å²) in [5.74, 6) is 2.90. The molecule has 2 atom stereocenters. The molecular formula is C16H29N3OS. The molecule has 3 fully saturated rings. The van der Waals surface area contributed by atoms with E-state index in [0.717, 1.165) is 25.8 Å². The third-order valence-corrected chi connectivity index (χ3v) is 6.59. The average molecular weight is 311 g/mol. The molecular weight excluding hydrogens is 282 g/mol. The first kappa shape index (κ1) is 15.6. The molecule has 3 aliphatic rings. The van der Waals surface area contributed by atoms with E-state index in [1.54, 1.807) is 0 Å². The van der Waals surface area contributed by atoms with Crippen molar-refractivity contribution >= 4 is 17.7 Å². The van der Waals surface area contributed by atoms with Gasteiger partial charge in [-0.3, -0.25) is 9.69 Å². The third kappa shape index (κ3) is 3.57. The molecule has 0 bridgehead atoms. The van der Waals surface area contributed by atoms with Crippen LogP contribution in [-0.4, -0.2) is 53.5 Å². The first-order valence-electron chi connectivity index (χ1n) is 8.56. The Bertz CT molecular complexity index is 365. The molecule has 2 unspecified atom stereocenters. The number of nitrogens with two attached hydrogens (primary N) is 1. The van der Waals surface area contributed by atoms with E-state index >= 15 is 0 Å². The van der Waals surface area contributed by atoms with Crippen LogP contribution >= 0.6 is 11.8 Å². The molecule has 0 aromatic carbocycles. The van der Waals surface area contributed by atoms with Gasteiger partial charge in [0, 0.05) is 48.6 Å². The van der Waals surface area contributed by atoms with Gasteiger partial charge in [-0.2, -0.15) is 11.8 Å². The quantitative estimate of drug-likeness (QED) is 0.828. The van der Waals surface area contributed by atoms with Crippen molar-refractivity contribution in [1.82, 2.24) is 10.2 Å². The van der Waals surface area contributed by atoms with Crippen molar-refractivity contribution in [3.05, 3.63) is 0 Å². The SMILES string of the molecule is NC1CCC(C(=O)NCC2(N3CCSCC3)CCCC2)C1. The summed E-state index contributed by atoms with van der Waals surface area (Å²) in [6.45, 7) is 3.23. The summed E-state index contributed by atoms with van der Waals surface area (Å²) in [7, 11) is 0. The van der Waals surface area contributed by atoms with Crippen molar-refractivity contribution in [3.8, 4) is 0 Å². The lowest BCUT2D eigenvalue weighted by Crippen LogP contribution is -2.57. The Balaban J connectivity index is 1.56. The molecule has 120 valence electrons. The van der Waals surface area contributed by atoms with Gasteiger partial charge in [0.2, 0.25) is 5.91 Å². The molecule has 5 heteroatoms. The Kier molecular flexibility index (Phi) is 5.12. The summed E-state index contributed by atoms with van der Waals surface area (Å²) in [5, 5.41) is 3.28. The number of nitrogens with one attached hydrogen (secondary N) is 1. The largest absolute Gasteiger partial charge is 0.354 e. The fraction of sp³-hybridized carbons (Fsp3) is 0.938. The van der Waals surface area contributed by atoms with E-state index in [1.807, 2.05) is 0 Å². The van der Waals surface area contributed by atoms with Crippen LogP contribution in [0.15, 0.2) is 0 Å². The van der Waals surface area contributed by atoms with Crippen LogP contribution in [0.25, 0.3) is 0 Å². The summed E-state index contributed by atoms with van der Waals surface area (Å²) in [4.78, 5) is 15.0. The van der Waals surface area contributed by atoms with Crippen LogP contribution < -0.4 is 11.1 Å². The molecule has 4 nitrogen and oxygen atoms in total. The Labute approximate surface area is 132 Å². The zero-order valence-electron chi connectivity index (χ0n) is 13.0. The maximum atomic E-state index is 12.4. The number of hydrogen-bond donors (Lipinski definition) is 2. The number of rotatable bonds is 4. The van der Waals surface area contributed by atoms with E-state index in [-0.39, 0.29) is 23.4 Å². The molecule has 1 amide bonds. The van der Waals surface area contributed by atoms with Crippen molar-refractivity contribution in [1.29, 1.82) is 0 Å². The van der Waals surface area contributed by atoms with Crippen LogP contribution in [0.1, 0.15) is 44.9 Å². The van der Waals surface area contributed by atoms with Gasteiger partial charge in [-0.25, -0.2) is 0 Å².